The molecule has 0 N–H and O–H groups in total. The molecule has 7 heteroatoms. The van der Waals surface area contributed by atoms with Gasteiger partial charge in [0.1, 0.15) is 18.1 Å². The Kier molecular flexibility index (Phi) is 4.99. The minimum atomic E-state index is -0.0116. The molecule has 7 nitrogen and oxygen atoms in total. The van der Waals surface area contributed by atoms with Crippen LogP contribution in [0.15, 0.2) is 15.0 Å². The van der Waals surface area contributed by atoms with E-state index in [9.17, 15) is 4.79 Å². The fourth-order valence-electron chi connectivity index (χ4n) is 3.09. The van der Waals surface area contributed by atoms with Gasteiger partial charge in [-0.3, -0.25) is 4.79 Å². The number of carbonyl (C=O) groups is 1. The summed E-state index contributed by atoms with van der Waals surface area (Å²) in [6.07, 6.45) is 2.61. The maximum atomic E-state index is 12.8. The van der Waals surface area contributed by atoms with Crippen LogP contribution in [0.2, 0.25) is 0 Å². The molecule has 0 radical (unpaired) electrons. The fourth-order valence-corrected chi connectivity index (χ4v) is 3.09. The third-order valence-corrected chi connectivity index (χ3v) is 4.35. The first-order valence-electron chi connectivity index (χ1n) is 8.32. The van der Waals surface area contributed by atoms with Crippen LogP contribution in [0.1, 0.15) is 59.3 Å². The summed E-state index contributed by atoms with van der Waals surface area (Å²) < 4.78 is 15.9. The molecule has 2 aromatic rings. The molecule has 1 aliphatic rings. The highest BCUT2D eigenvalue weighted by atomic mass is 16.5. The summed E-state index contributed by atoms with van der Waals surface area (Å²) in [4.78, 5) is 19.1. The van der Waals surface area contributed by atoms with Crippen LogP contribution in [0.25, 0.3) is 0 Å². The Labute approximate surface area is 141 Å². The number of methoxy groups -OCH3 is 1. The lowest BCUT2D eigenvalue weighted by Crippen LogP contribution is -2.39. The lowest BCUT2D eigenvalue weighted by molar-refractivity contribution is 0.0702. The molecule has 1 atom stereocenters. The molecule has 3 rings (SSSR count). The fraction of sp³-hybridized carbons (Fsp3) is 0.588. The molecule has 130 valence electrons. The van der Waals surface area contributed by atoms with Crippen LogP contribution in [0.4, 0.5) is 0 Å². The van der Waals surface area contributed by atoms with E-state index in [-0.39, 0.29) is 11.8 Å². The van der Waals surface area contributed by atoms with Gasteiger partial charge in [0, 0.05) is 32.5 Å². The number of ether oxygens (including phenoxy) is 1. The average Bonchev–Trinajstić information content (AvgIpc) is 3.21. The van der Waals surface area contributed by atoms with E-state index in [4.69, 9.17) is 13.7 Å². The first kappa shape index (κ1) is 16.7. The molecular formula is C17H23N3O4. The average molecular weight is 333 g/mol. The first-order chi connectivity index (χ1) is 11.6. The number of hydrogen-bond donors (Lipinski definition) is 0. The summed E-state index contributed by atoms with van der Waals surface area (Å²) in [6.45, 7) is 5.48. The van der Waals surface area contributed by atoms with Gasteiger partial charge in [-0.25, -0.2) is 0 Å². The van der Waals surface area contributed by atoms with Crippen molar-refractivity contribution in [2.75, 3.05) is 20.2 Å². The highest BCUT2D eigenvalue weighted by Crippen LogP contribution is 2.27. The molecule has 2 aromatic heterocycles. The predicted octanol–water partition coefficient (Wildman–Crippen LogP) is 2.70. The molecule has 24 heavy (non-hydrogen) atoms. The molecule has 1 fully saturated rings. The minimum absolute atomic E-state index is 0.0116. The van der Waals surface area contributed by atoms with Gasteiger partial charge >= 0.3 is 0 Å². The van der Waals surface area contributed by atoms with Crippen LogP contribution < -0.4 is 0 Å². The lowest BCUT2D eigenvalue weighted by Gasteiger charge is -2.31. The van der Waals surface area contributed by atoms with Gasteiger partial charge in [0.05, 0.1) is 5.56 Å². The van der Waals surface area contributed by atoms with Crippen molar-refractivity contribution in [3.63, 3.8) is 0 Å². The predicted molar refractivity (Wildman–Crippen MR) is 85.7 cm³/mol. The number of piperidine rings is 1. The number of likely N-dealkylation sites (tertiary alicyclic amines) is 1. The van der Waals surface area contributed by atoms with E-state index in [2.05, 4.69) is 10.1 Å². The van der Waals surface area contributed by atoms with Gasteiger partial charge < -0.3 is 18.6 Å². The number of carbonyl (C=O) groups excluding carboxylic acids is 1. The third-order valence-electron chi connectivity index (χ3n) is 4.35. The van der Waals surface area contributed by atoms with Gasteiger partial charge in [0.25, 0.3) is 5.91 Å². The van der Waals surface area contributed by atoms with Gasteiger partial charge in [0.15, 0.2) is 5.82 Å². The molecule has 0 bridgehead atoms. The van der Waals surface area contributed by atoms with E-state index in [1.165, 1.54) is 0 Å². The number of aryl methyl sites for hydroxylation is 2. The second kappa shape index (κ2) is 7.17. The maximum absolute atomic E-state index is 12.8. The topological polar surface area (TPSA) is 81.6 Å². The smallest absolute Gasteiger partial charge is 0.257 e. The van der Waals surface area contributed by atoms with Crippen molar-refractivity contribution in [2.24, 2.45) is 0 Å². The molecule has 0 aliphatic carbocycles. The van der Waals surface area contributed by atoms with Crippen molar-refractivity contribution in [3.8, 4) is 0 Å². The number of rotatable bonds is 5. The van der Waals surface area contributed by atoms with Crippen molar-refractivity contribution in [1.29, 1.82) is 0 Å². The number of furan rings is 1. The van der Waals surface area contributed by atoms with Gasteiger partial charge in [-0.1, -0.05) is 12.1 Å². The summed E-state index contributed by atoms with van der Waals surface area (Å²) >= 11 is 0. The monoisotopic (exact) mass is 333 g/mol. The molecule has 3 heterocycles. The minimum Gasteiger partial charge on any atom is -0.463 e. The largest absolute Gasteiger partial charge is 0.463 e. The number of hydrogen-bond acceptors (Lipinski definition) is 6. The van der Waals surface area contributed by atoms with Crippen molar-refractivity contribution in [3.05, 3.63) is 34.9 Å². The highest BCUT2D eigenvalue weighted by Gasteiger charge is 2.30. The molecule has 1 unspecified atom stereocenters. The zero-order chi connectivity index (χ0) is 17.1. The van der Waals surface area contributed by atoms with Gasteiger partial charge in [-0.2, -0.15) is 4.98 Å². The second-order valence-electron chi connectivity index (χ2n) is 6.11. The Morgan fingerprint density at radius 2 is 2.33 bits per heavy atom. The highest BCUT2D eigenvalue weighted by molar-refractivity contribution is 5.95. The SMILES string of the molecule is CCc1nc(C2CCCN(C(=O)c3cc(COC)oc3C)C2)no1. The molecule has 0 saturated carbocycles. The van der Waals surface area contributed by atoms with Gasteiger partial charge in [0.2, 0.25) is 5.89 Å². The number of amides is 1. The zero-order valence-corrected chi connectivity index (χ0v) is 14.4. The summed E-state index contributed by atoms with van der Waals surface area (Å²) in [6, 6.07) is 1.77. The summed E-state index contributed by atoms with van der Waals surface area (Å²) in [5.41, 5.74) is 0.602. The van der Waals surface area contributed by atoms with E-state index in [1.807, 2.05) is 11.8 Å². The van der Waals surface area contributed by atoms with Crippen LogP contribution in [-0.4, -0.2) is 41.1 Å². The number of nitrogens with zero attached hydrogens (tertiary/aromatic N) is 3. The number of aromatic nitrogens is 2. The molecular weight excluding hydrogens is 310 g/mol. The lowest BCUT2D eigenvalue weighted by atomic mass is 9.96. The normalized spacial score (nSPS) is 18.1. The molecule has 0 spiro atoms. The zero-order valence-electron chi connectivity index (χ0n) is 14.4. The summed E-state index contributed by atoms with van der Waals surface area (Å²) in [5, 5.41) is 4.06. The van der Waals surface area contributed by atoms with Crippen LogP contribution >= 0.6 is 0 Å². The van der Waals surface area contributed by atoms with E-state index in [1.54, 1.807) is 20.1 Å². The van der Waals surface area contributed by atoms with Gasteiger partial charge in [-0.05, 0) is 25.8 Å². The van der Waals surface area contributed by atoms with Crippen LogP contribution in [-0.2, 0) is 17.8 Å². The Balaban J connectivity index is 1.73. The summed E-state index contributed by atoms with van der Waals surface area (Å²) in [7, 11) is 1.60. The van der Waals surface area contributed by atoms with Crippen molar-refractivity contribution in [2.45, 2.75) is 45.6 Å². The maximum Gasteiger partial charge on any atom is 0.257 e. The van der Waals surface area contributed by atoms with Crippen LogP contribution in [0.5, 0.6) is 0 Å². The third kappa shape index (κ3) is 3.36. The standard InChI is InChI=1S/C17H23N3O4/c1-4-15-18-16(19-24-15)12-6-5-7-20(9-12)17(21)14-8-13(10-22-3)23-11(14)2/h8,12H,4-7,9-10H2,1-3H3. The van der Waals surface area contributed by atoms with Crippen LogP contribution in [0, 0.1) is 6.92 Å². The van der Waals surface area contributed by atoms with E-state index in [0.29, 0.717) is 42.0 Å². The van der Waals surface area contributed by atoms with E-state index in [0.717, 1.165) is 25.8 Å². The van der Waals surface area contributed by atoms with Crippen LogP contribution in [0.3, 0.4) is 0 Å². The quantitative estimate of drug-likeness (QED) is 0.837. The van der Waals surface area contributed by atoms with Crippen molar-refractivity contribution < 1.29 is 18.5 Å². The Hall–Kier alpha value is -2.15. The summed E-state index contributed by atoms with van der Waals surface area (Å²) in [5.74, 6) is 2.75. The van der Waals surface area contributed by atoms with E-state index >= 15 is 0 Å². The molecule has 1 amide bonds. The second-order valence-corrected chi connectivity index (χ2v) is 6.11. The Bertz CT molecular complexity index is 707. The van der Waals surface area contributed by atoms with Crippen molar-refractivity contribution in [1.82, 2.24) is 15.0 Å². The van der Waals surface area contributed by atoms with Gasteiger partial charge in [-0.15, -0.1) is 0 Å². The molecule has 1 saturated heterocycles. The van der Waals surface area contributed by atoms with Crippen molar-refractivity contribution >= 4 is 5.91 Å². The molecule has 0 aromatic carbocycles. The Morgan fingerprint density at radius 1 is 1.50 bits per heavy atom. The molecule has 1 aliphatic heterocycles. The Morgan fingerprint density at radius 3 is 3.04 bits per heavy atom. The first-order valence-corrected chi connectivity index (χ1v) is 8.32. The van der Waals surface area contributed by atoms with E-state index < -0.39 is 0 Å².